The van der Waals surface area contributed by atoms with Gasteiger partial charge >= 0.3 is 0 Å². The second-order valence-electron chi connectivity index (χ2n) is 6.15. The highest BCUT2D eigenvalue weighted by Crippen LogP contribution is 2.40. The highest BCUT2D eigenvalue weighted by Gasteiger charge is 2.32. The Labute approximate surface area is 112 Å². The Morgan fingerprint density at radius 3 is 2.50 bits per heavy atom. The number of rotatable bonds is 2. The summed E-state index contributed by atoms with van der Waals surface area (Å²) in [6.45, 7) is 6.87. The van der Waals surface area contributed by atoms with Gasteiger partial charge in [0.05, 0.1) is 0 Å². The van der Waals surface area contributed by atoms with Crippen LogP contribution in [0.3, 0.4) is 0 Å². The average molecular weight is 267 g/mol. The van der Waals surface area contributed by atoms with Gasteiger partial charge in [0.2, 0.25) is 11.0 Å². The van der Waals surface area contributed by atoms with Gasteiger partial charge in [-0.15, -0.1) is 10.2 Å². The molecule has 5 heteroatoms. The molecule has 1 aromatic rings. The monoisotopic (exact) mass is 267 g/mol. The first-order chi connectivity index (χ1) is 8.47. The van der Waals surface area contributed by atoms with Crippen molar-refractivity contribution in [2.24, 2.45) is 17.3 Å². The topological polar surface area (TPSA) is 54.9 Å². The molecule has 2 rings (SSSR count). The molecule has 1 aromatic heterocycles. The van der Waals surface area contributed by atoms with Crippen molar-refractivity contribution >= 4 is 22.4 Å². The maximum atomic E-state index is 12.0. The van der Waals surface area contributed by atoms with E-state index in [1.807, 2.05) is 0 Å². The first kappa shape index (κ1) is 13.5. The standard InChI is InChI=1S/C13H21N3OS/c1-13(2,3)10-6-4-9(5-7-10)11(17)15-12-16-14-8-18-12/h8-10H,4-7H2,1-3H3,(H,15,16,17). The van der Waals surface area contributed by atoms with Gasteiger partial charge in [0.1, 0.15) is 5.51 Å². The summed E-state index contributed by atoms with van der Waals surface area (Å²) < 4.78 is 0. The van der Waals surface area contributed by atoms with E-state index < -0.39 is 0 Å². The SMILES string of the molecule is CC(C)(C)C1CCC(C(=O)Nc2nncs2)CC1. The molecule has 1 saturated carbocycles. The zero-order chi connectivity index (χ0) is 13.2. The highest BCUT2D eigenvalue weighted by molar-refractivity contribution is 7.13. The Bertz CT molecular complexity index is 389. The molecule has 0 aliphatic heterocycles. The van der Waals surface area contributed by atoms with Crippen LogP contribution in [0.2, 0.25) is 0 Å². The molecule has 0 radical (unpaired) electrons. The number of amides is 1. The van der Waals surface area contributed by atoms with Crippen LogP contribution in [0, 0.1) is 17.3 Å². The van der Waals surface area contributed by atoms with Crippen molar-refractivity contribution in [1.82, 2.24) is 10.2 Å². The molecule has 1 aliphatic carbocycles. The average Bonchev–Trinajstić information content (AvgIpc) is 2.81. The summed E-state index contributed by atoms with van der Waals surface area (Å²) in [7, 11) is 0. The molecule has 100 valence electrons. The molecule has 18 heavy (non-hydrogen) atoms. The highest BCUT2D eigenvalue weighted by atomic mass is 32.1. The maximum Gasteiger partial charge on any atom is 0.229 e. The summed E-state index contributed by atoms with van der Waals surface area (Å²) >= 11 is 1.37. The molecule has 1 fully saturated rings. The van der Waals surface area contributed by atoms with Crippen LogP contribution in [0.25, 0.3) is 0 Å². The summed E-state index contributed by atoms with van der Waals surface area (Å²) in [6.07, 6.45) is 4.29. The summed E-state index contributed by atoms with van der Waals surface area (Å²) in [6, 6.07) is 0. The zero-order valence-electron chi connectivity index (χ0n) is 11.3. The van der Waals surface area contributed by atoms with Gasteiger partial charge in [-0.3, -0.25) is 4.79 Å². The number of nitrogens with one attached hydrogen (secondary N) is 1. The van der Waals surface area contributed by atoms with Crippen LogP contribution in [0.5, 0.6) is 0 Å². The summed E-state index contributed by atoms with van der Waals surface area (Å²) in [5.41, 5.74) is 1.99. The van der Waals surface area contributed by atoms with Crippen LogP contribution in [-0.4, -0.2) is 16.1 Å². The second-order valence-corrected chi connectivity index (χ2v) is 6.98. The molecule has 0 spiro atoms. The number of hydrogen-bond donors (Lipinski definition) is 1. The van der Waals surface area contributed by atoms with Crippen molar-refractivity contribution < 1.29 is 4.79 Å². The van der Waals surface area contributed by atoms with Crippen molar-refractivity contribution in [1.29, 1.82) is 0 Å². The minimum absolute atomic E-state index is 0.110. The van der Waals surface area contributed by atoms with E-state index >= 15 is 0 Å². The van der Waals surface area contributed by atoms with E-state index in [4.69, 9.17) is 0 Å². The fourth-order valence-corrected chi connectivity index (χ4v) is 3.10. The third-order valence-corrected chi connectivity index (χ3v) is 4.52. The summed E-state index contributed by atoms with van der Waals surface area (Å²) in [5, 5.41) is 11.0. The van der Waals surface area contributed by atoms with E-state index in [0.717, 1.165) is 31.6 Å². The predicted octanol–water partition coefficient (Wildman–Crippen LogP) is 3.33. The molecular formula is C13H21N3OS. The van der Waals surface area contributed by atoms with Gasteiger partial charge in [0.15, 0.2) is 0 Å². The Kier molecular flexibility index (Phi) is 4.00. The second kappa shape index (κ2) is 5.34. The van der Waals surface area contributed by atoms with Crippen molar-refractivity contribution in [3.63, 3.8) is 0 Å². The minimum atomic E-state index is 0.110. The van der Waals surface area contributed by atoms with Gasteiger partial charge in [-0.05, 0) is 37.0 Å². The van der Waals surface area contributed by atoms with E-state index in [1.165, 1.54) is 11.3 Å². The van der Waals surface area contributed by atoms with E-state index in [2.05, 4.69) is 36.3 Å². The molecule has 1 heterocycles. The van der Waals surface area contributed by atoms with Crippen LogP contribution >= 0.6 is 11.3 Å². The van der Waals surface area contributed by atoms with Crippen LogP contribution in [-0.2, 0) is 4.79 Å². The molecular weight excluding hydrogens is 246 g/mol. The van der Waals surface area contributed by atoms with Crippen molar-refractivity contribution in [2.75, 3.05) is 5.32 Å². The van der Waals surface area contributed by atoms with Gasteiger partial charge in [0.25, 0.3) is 0 Å². The molecule has 1 aliphatic rings. The lowest BCUT2D eigenvalue weighted by molar-refractivity contribution is -0.121. The lowest BCUT2D eigenvalue weighted by Crippen LogP contribution is -2.31. The van der Waals surface area contributed by atoms with Crippen LogP contribution in [0.15, 0.2) is 5.51 Å². The predicted molar refractivity (Wildman–Crippen MR) is 73.4 cm³/mol. The van der Waals surface area contributed by atoms with Gasteiger partial charge < -0.3 is 5.32 Å². The third-order valence-electron chi connectivity index (χ3n) is 3.91. The Balaban J connectivity index is 1.84. The van der Waals surface area contributed by atoms with E-state index in [1.54, 1.807) is 5.51 Å². The van der Waals surface area contributed by atoms with E-state index in [-0.39, 0.29) is 11.8 Å². The van der Waals surface area contributed by atoms with Gasteiger partial charge in [-0.2, -0.15) is 0 Å². The molecule has 0 unspecified atom stereocenters. The molecule has 0 aromatic carbocycles. The molecule has 1 N–H and O–H groups in total. The van der Waals surface area contributed by atoms with E-state index in [0.29, 0.717) is 10.5 Å². The van der Waals surface area contributed by atoms with Crippen LogP contribution in [0.1, 0.15) is 46.5 Å². The molecule has 0 bridgehead atoms. The largest absolute Gasteiger partial charge is 0.300 e. The Morgan fingerprint density at radius 2 is 2.00 bits per heavy atom. The number of nitrogens with zero attached hydrogens (tertiary/aromatic N) is 2. The van der Waals surface area contributed by atoms with Crippen LogP contribution < -0.4 is 5.32 Å². The summed E-state index contributed by atoms with van der Waals surface area (Å²) in [4.78, 5) is 12.0. The quantitative estimate of drug-likeness (QED) is 0.894. The molecule has 0 atom stereocenters. The normalized spacial score (nSPS) is 24.8. The summed E-state index contributed by atoms with van der Waals surface area (Å²) in [5.74, 6) is 0.995. The number of carbonyl (C=O) groups excluding carboxylic acids is 1. The van der Waals surface area contributed by atoms with Crippen molar-refractivity contribution in [3.05, 3.63) is 5.51 Å². The minimum Gasteiger partial charge on any atom is -0.300 e. The van der Waals surface area contributed by atoms with Gasteiger partial charge in [0, 0.05) is 5.92 Å². The van der Waals surface area contributed by atoms with E-state index in [9.17, 15) is 4.79 Å². The lowest BCUT2D eigenvalue weighted by atomic mass is 9.70. The first-order valence-corrected chi connectivity index (χ1v) is 7.42. The molecule has 1 amide bonds. The first-order valence-electron chi connectivity index (χ1n) is 6.54. The molecule has 0 saturated heterocycles. The van der Waals surface area contributed by atoms with Crippen molar-refractivity contribution in [3.8, 4) is 0 Å². The van der Waals surface area contributed by atoms with Gasteiger partial charge in [-0.25, -0.2) is 0 Å². The van der Waals surface area contributed by atoms with Crippen molar-refractivity contribution in [2.45, 2.75) is 46.5 Å². The van der Waals surface area contributed by atoms with Gasteiger partial charge in [-0.1, -0.05) is 32.1 Å². The number of hydrogen-bond acceptors (Lipinski definition) is 4. The third kappa shape index (κ3) is 3.28. The number of carbonyl (C=O) groups is 1. The smallest absolute Gasteiger partial charge is 0.229 e. The lowest BCUT2D eigenvalue weighted by Gasteiger charge is -2.36. The fourth-order valence-electron chi connectivity index (χ4n) is 2.66. The van der Waals surface area contributed by atoms with Crippen LogP contribution in [0.4, 0.5) is 5.13 Å². The fraction of sp³-hybridized carbons (Fsp3) is 0.769. The molecule has 4 nitrogen and oxygen atoms in total. The Hall–Kier alpha value is -0.970. The zero-order valence-corrected chi connectivity index (χ0v) is 12.1. The number of aromatic nitrogens is 2. The maximum absolute atomic E-state index is 12.0. The Morgan fingerprint density at radius 1 is 1.33 bits per heavy atom. The number of anilines is 1.